The standard InChI is InChI=1S/C12H18FN3/c1-9-5-3-4-6-10(9)16(2)12-7-11(13)14-8-15-12/h7-10H,3-6H2,1-2H3. The number of hydrogen-bond acceptors (Lipinski definition) is 3. The monoisotopic (exact) mass is 223 g/mol. The van der Waals surface area contributed by atoms with Gasteiger partial charge in [0.1, 0.15) is 12.1 Å². The Morgan fingerprint density at radius 1 is 1.31 bits per heavy atom. The highest BCUT2D eigenvalue weighted by atomic mass is 19.1. The normalized spacial score (nSPS) is 25.4. The summed E-state index contributed by atoms with van der Waals surface area (Å²) in [4.78, 5) is 9.70. The van der Waals surface area contributed by atoms with Crippen LogP contribution in [-0.2, 0) is 0 Å². The van der Waals surface area contributed by atoms with Gasteiger partial charge in [0.25, 0.3) is 0 Å². The second-order valence-electron chi connectivity index (χ2n) is 4.64. The van der Waals surface area contributed by atoms with E-state index in [1.54, 1.807) is 0 Å². The Bertz CT molecular complexity index is 356. The molecule has 0 spiro atoms. The first-order chi connectivity index (χ1) is 7.68. The third kappa shape index (κ3) is 2.31. The van der Waals surface area contributed by atoms with Crippen LogP contribution >= 0.6 is 0 Å². The van der Waals surface area contributed by atoms with Crippen molar-refractivity contribution in [2.24, 2.45) is 5.92 Å². The molecule has 16 heavy (non-hydrogen) atoms. The second-order valence-corrected chi connectivity index (χ2v) is 4.64. The molecule has 88 valence electrons. The van der Waals surface area contributed by atoms with Gasteiger partial charge in [0.2, 0.25) is 5.95 Å². The SMILES string of the molecule is CC1CCCCC1N(C)c1cc(F)ncn1. The van der Waals surface area contributed by atoms with Gasteiger partial charge < -0.3 is 4.90 Å². The summed E-state index contributed by atoms with van der Waals surface area (Å²) >= 11 is 0. The van der Waals surface area contributed by atoms with E-state index >= 15 is 0 Å². The maximum absolute atomic E-state index is 13.0. The molecule has 2 atom stereocenters. The van der Waals surface area contributed by atoms with Crippen LogP contribution in [0.25, 0.3) is 0 Å². The number of hydrogen-bond donors (Lipinski definition) is 0. The van der Waals surface area contributed by atoms with Crippen molar-refractivity contribution >= 4 is 5.82 Å². The number of rotatable bonds is 2. The van der Waals surface area contributed by atoms with Gasteiger partial charge in [-0.05, 0) is 18.8 Å². The Kier molecular flexibility index (Phi) is 3.36. The van der Waals surface area contributed by atoms with E-state index in [4.69, 9.17) is 0 Å². The molecule has 0 amide bonds. The number of anilines is 1. The van der Waals surface area contributed by atoms with E-state index in [1.165, 1.54) is 38.1 Å². The first kappa shape index (κ1) is 11.3. The van der Waals surface area contributed by atoms with E-state index in [0.717, 1.165) is 0 Å². The smallest absolute Gasteiger partial charge is 0.218 e. The zero-order valence-corrected chi connectivity index (χ0v) is 9.86. The van der Waals surface area contributed by atoms with Gasteiger partial charge in [-0.25, -0.2) is 9.97 Å². The molecule has 2 unspecified atom stereocenters. The molecule has 3 nitrogen and oxygen atoms in total. The largest absolute Gasteiger partial charge is 0.356 e. The van der Waals surface area contributed by atoms with E-state index in [1.807, 2.05) is 7.05 Å². The van der Waals surface area contributed by atoms with Gasteiger partial charge in [0.15, 0.2) is 0 Å². The van der Waals surface area contributed by atoms with Crippen LogP contribution in [0.15, 0.2) is 12.4 Å². The topological polar surface area (TPSA) is 29.0 Å². The zero-order valence-electron chi connectivity index (χ0n) is 9.86. The highest BCUT2D eigenvalue weighted by molar-refractivity contribution is 5.37. The highest BCUT2D eigenvalue weighted by Gasteiger charge is 2.25. The lowest BCUT2D eigenvalue weighted by molar-refractivity contribution is 0.320. The van der Waals surface area contributed by atoms with Gasteiger partial charge in [-0.1, -0.05) is 19.8 Å². The van der Waals surface area contributed by atoms with E-state index in [0.29, 0.717) is 17.8 Å². The number of halogens is 1. The average molecular weight is 223 g/mol. The Morgan fingerprint density at radius 2 is 2.06 bits per heavy atom. The van der Waals surface area contributed by atoms with Gasteiger partial charge in [0.05, 0.1) is 0 Å². The molecule has 0 bridgehead atoms. The van der Waals surface area contributed by atoms with Crippen molar-refractivity contribution in [3.05, 3.63) is 18.3 Å². The van der Waals surface area contributed by atoms with Crippen molar-refractivity contribution in [2.45, 2.75) is 38.6 Å². The summed E-state index contributed by atoms with van der Waals surface area (Å²) in [5.74, 6) is 0.878. The fourth-order valence-corrected chi connectivity index (χ4v) is 2.56. The first-order valence-corrected chi connectivity index (χ1v) is 5.89. The molecule has 1 aliphatic rings. The summed E-state index contributed by atoms with van der Waals surface area (Å²) in [6.07, 6.45) is 6.27. The molecule has 1 heterocycles. The van der Waals surface area contributed by atoms with Crippen molar-refractivity contribution in [2.75, 3.05) is 11.9 Å². The second kappa shape index (κ2) is 4.76. The predicted molar refractivity (Wildman–Crippen MR) is 61.8 cm³/mol. The van der Waals surface area contributed by atoms with Crippen LogP contribution < -0.4 is 4.90 Å². The molecule has 2 rings (SSSR count). The molecular formula is C12H18FN3. The third-order valence-corrected chi connectivity index (χ3v) is 3.54. The third-order valence-electron chi connectivity index (χ3n) is 3.54. The molecule has 1 aliphatic carbocycles. The molecule has 4 heteroatoms. The maximum atomic E-state index is 13.0. The van der Waals surface area contributed by atoms with Gasteiger partial charge in [-0.2, -0.15) is 4.39 Å². The van der Waals surface area contributed by atoms with E-state index in [2.05, 4.69) is 21.8 Å². The lowest BCUT2D eigenvalue weighted by atomic mass is 9.85. The van der Waals surface area contributed by atoms with Crippen LogP contribution in [-0.4, -0.2) is 23.1 Å². The Balaban J connectivity index is 2.14. The predicted octanol–water partition coefficient (Wildman–Crippen LogP) is 2.63. The van der Waals surface area contributed by atoms with E-state index in [9.17, 15) is 4.39 Å². The van der Waals surface area contributed by atoms with Crippen molar-refractivity contribution in [3.8, 4) is 0 Å². The molecule has 0 N–H and O–H groups in total. The minimum Gasteiger partial charge on any atom is -0.356 e. The summed E-state index contributed by atoms with van der Waals surface area (Å²) < 4.78 is 13.0. The molecule has 0 aliphatic heterocycles. The summed E-state index contributed by atoms with van der Waals surface area (Å²) in [5, 5.41) is 0. The minimum atomic E-state index is -0.458. The molecule has 0 saturated heterocycles. The van der Waals surface area contributed by atoms with Crippen LogP contribution in [0, 0.1) is 11.9 Å². The van der Waals surface area contributed by atoms with Gasteiger partial charge in [-0.3, -0.25) is 0 Å². The fourth-order valence-electron chi connectivity index (χ4n) is 2.56. The highest BCUT2D eigenvalue weighted by Crippen LogP contribution is 2.29. The summed E-state index contributed by atoms with van der Waals surface area (Å²) in [7, 11) is 1.99. The Hall–Kier alpha value is -1.19. The van der Waals surface area contributed by atoms with Crippen LogP contribution in [0.2, 0.25) is 0 Å². The van der Waals surface area contributed by atoms with E-state index < -0.39 is 5.95 Å². The lowest BCUT2D eigenvalue weighted by Crippen LogP contribution is -2.39. The van der Waals surface area contributed by atoms with Gasteiger partial charge >= 0.3 is 0 Å². The molecular weight excluding hydrogens is 205 g/mol. The van der Waals surface area contributed by atoms with Crippen LogP contribution in [0.3, 0.4) is 0 Å². The number of nitrogens with zero attached hydrogens (tertiary/aromatic N) is 3. The molecule has 0 radical (unpaired) electrons. The number of aromatic nitrogens is 2. The van der Waals surface area contributed by atoms with Gasteiger partial charge in [-0.15, -0.1) is 0 Å². The quantitative estimate of drug-likeness (QED) is 0.722. The minimum absolute atomic E-state index is 0.458. The molecule has 1 fully saturated rings. The summed E-state index contributed by atoms with van der Waals surface area (Å²) in [5.41, 5.74) is 0. The van der Waals surface area contributed by atoms with Crippen LogP contribution in [0.1, 0.15) is 32.6 Å². The fraction of sp³-hybridized carbons (Fsp3) is 0.667. The van der Waals surface area contributed by atoms with E-state index in [-0.39, 0.29) is 0 Å². The Labute approximate surface area is 95.7 Å². The molecule has 1 aromatic heterocycles. The maximum Gasteiger partial charge on any atom is 0.218 e. The van der Waals surface area contributed by atoms with Gasteiger partial charge in [0, 0.05) is 19.2 Å². The average Bonchev–Trinajstić information content (AvgIpc) is 2.29. The van der Waals surface area contributed by atoms with Crippen molar-refractivity contribution < 1.29 is 4.39 Å². The molecule has 1 aromatic rings. The zero-order chi connectivity index (χ0) is 11.5. The first-order valence-electron chi connectivity index (χ1n) is 5.89. The molecule has 1 saturated carbocycles. The van der Waals surface area contributed by atoms with Crippen molar-refractivity contribution in [1.29, 1.82) is 0 Å². The molecule has 0 aromatic carbocycles. The van der Waals surface area contributed by atoms with Crippen LogP contribution in [0.4, 0.5) is 10.2 Å². The van der Waals surface area contributed by atoms with Crippen molar-refractivity contribution in [1.82, 2.24) is 9.97 Å². The Morgan fingerprint density at radius 3 is 2.75 bits per heavy atom. The summed E-state index contributed by atoms with van der Waals surface area (Å²) in [6, 6.07) is 1.88. The lowest BCUT2D eigenvalue weighted by Gasteiger charge is -2.36. The summed E-state index contributed by atoms with van der Waals surface area (Å²) in [6.45, 7) is 2.26. The van der Waals surface area contributed by atoms with Crippen LogP contribution in [0.5, 0.6) is 0 Å². The van der Waals surface area contributed by atoms with Crippen molar-refractivity contribution in [3.63, 3.8) is 0 Å².